The molecule has 0 spiro atoms. The summed E-state index contributed by atoms with van der Waals surface area (Å²) in [7, 11) is 1.74. The van der Waals surface area contributed by atoms with E-state index >= 15 is 0 Å². The lowest BCUT2D eigenvalue weighted by atomic mass is 10.3. The Kier molecular flexibility index (Phi) is 8.55. The number of rotatable bonds is 5. The standard InChI is InChI=1S/C18H28N6O3.HI/c1-20-18(21-12-14-4-5-15(27-14)17(19)26)24-10-8-22(9-11-24)13-16(25)23-6-2-3-7-23;/h4-5H,2-3,6-13H2,1H3,(H2,19,26)(H,20,21);1H. The van der Waals surface area contributed by atoms with Crippen molar-refractivity contribution in [1.29, 1.82) is 0 Å². The Bertz CT molecular complexity index is 693. The van der Waals surface area contributed by atoms with Crippen LogP contribution < -0.4 is 11.1 Å². The van der Waals surface area contributed by atoms with Crippen LogP contribution in [0.1, 0.15) is 29.2 Å². The van der Waals surface area contributed by atoms with Gasteiger partial charge in [-0.15, -0.1) is 24.0 Å². The molecular formula is C18H29IN6O3. The van der Waals surface area contributed by atoms with Crippen molar-refractivity contribution in [2.45, 2.75) is 19.4 Å². The second kappa shape index (κ2) is 10.6. The number of piperazine rings is 1. The molecule has 0 saturated carbocycles. The lowest BCUT2D eigenvalue weighted by Gasteiger charge is -2.36. The summed E-state index contributed by atoms with van der Waals surface area (Å²) in [4.78, 5) is 34.0. The Hall–Kier alpha value is -1.82. The largest absolute Gasteiger partial charge is 0.454 e. The van der Waals surface area contributed by atoms with Gasteiger partial charge in [0.15, 0.2) is 11.7 Å². The van der Waals surface area contributed by atoms with Gasteiger partial charge in [0.05, 0.1) is 13.1 Å². The maximum atomic E-state index is 12.3. The number of nitrogens with two attached hydrogens (primary N) is 1. The quantitative estimate of drug-likeness (QED) is 0.340. The van der Waals surface area contributed by atoms with Gasteiger partial charge in [0.2, 0.25) is 5.91 Å². The first-order valence-corrected chi connectivity index (χ1v) is 9.41. The summed E-state index contributed by atoms with van der Waals surface area (Å²) < 4.78 is 5.38. The van der Waals surface area contributed by atoms with Gasteiger partial charge in [-0.25, -0.2) is 0 Å². The number of guanidine groups is 1. The summed E-state index contributed by atoms with van der Waals surface area (Å²) in [5.41, 5.74) is 5.20. The number of likely N-dealkylation sites (tertiary alicyclic amines) is 1. The highest BCUT2D eigenvalue weighted by Gasteiger charge is 2.24. The average Bonchev–Trinajstić information content (AvgIpc) is 3.35. The zero-order valence-corrected chi connectivity index (χ0v) is 18.6. The molecule has 28 heavy (non-hydrogen) atoms. The fraction of sp³-hybridized carbons (Fsp3) is 0.611. The fourth-order valence-corrected chi connectivity index (χ4v) is 3.48. The predicted octanol–water partition coefficient (Wildman–Crippen LogP) is 0.312. The Morgan fingerprint density at radius 2 is 1.79 bits per heavy atom. The van der Waals surface area contributed by atoms with Crippen LogP contribution in [0.3, 0.4) is 0 Å². The van der Waals surface area contributed by atoms with Crippen molar-refractivity contribution in [1.82, 2.24) is 20.0 Å². The number of hydrogen-bond acceptors (Lipinski definition) is 5. The lowest BCUT2D eigenvalue weighted by Crippen LogP contribution is -2.54. The molecule has 2 aliphatic heterocycles. The highest BCUT2D eigenvalue weighted by Crippen LogP contribution is 2.10. The third kappa shape index (κ3) is 5.84. The zero-order chi connectivity index (χ0) is 19.2. The number of halogens is 1. The highest BCUT2D eigenvalue weighted by atomic mass is 127. The first kappa shape index (κ1) is 22.5. The number of carbonyl (C=O) groups excluding carboxylic acids is 2. The summed E-state index contributed by atoms with van der Waals surface area (Å²) in [5, 5.41) is 3.24. The molecule has 0 aromatic carbocycles. The van der Waals surface area contributed by atoms with E-state index in [1.54, 1.807) is 19.2 Å². The molecule has 0 aliphatic carbocycles. The van der Waals surface area contributed by atoms with Crippen LogP contribution in [0, 0.1) is 0 Å². The van der Waals surface area contributed by atoms with Gasteiger partial charge in [0, 0.05) is 46.3 Å². The number of carbonyl (C=O) groups is 2. The second-order valence-electron chi connectivity index (χ2n) is 6.88. The van der Waals surface area contributed by atoms with Crippen LogP contribution in [0.4, 0.5) is 0 Å². The number of aliphatic imine (C=N–C) groups is 1. The Labute approximate surface area is 182 Å². The first-order chi connectivity index (χ1) is 13.1. The van der Waals surface area contributed by atoms with Crippen molar-refractivity contribution in [2.75, 3.05) is 52.9 Å². The van der Waals surface area contributed by atoms with Crippen molar-refractivity contribution in [3.63, 3.8) is 0 Å². The van der Waals surface area contributed by atoms with Crippen molar-refractivity contribution in [2.24, 2.45) is 10.7 Å². The van der Waals surface area contributed by atoms with Gasteiger partial charge in [0.25, 0.3) is 5.91 Å². The van der Waals surface area contributed by atoms with Gasteiger partial charge >= 0.3 is 0 Å². The molecule has 3 heterocycles. The molecule has 0 unspecified atom stereocenters. The van der Waals surface area contributed by atoms with Crippen molar-refractivity contribution in [3.05, 3.63) is 23.7 Å². The topological polar surface area (TPSA) is 107 Å². The molecule has 2 aliphatic rings. The number of hydrogen-bond donors (Lipinski definition) is 2. The van der Waals surface area contributed by atoms with Gasteiger partial charge in [0.1, 0.15) is 5.76 Å². The molecule has 0 bridgehead atoms. The Morgan fingerprint density at radius 1 is 1.11 bits per heavy atom. The summed E-state index contributed by atoms with van der Waals surface area (Å²) in [5.74, 6) is 1.21. The van der Waals surface area contributed by atoms with Gasteiger partial charge in [-0.1, -0.05) is 0 Å². The minimum atomic E-state index is -0.578. The van der Waals surface area contributed by atoms with Crippen LogP contribution in [-0.4, -0.2) is 85.3 Å². The van der Waals surface area contributed by atoms with Gasteiger partial charge in [-0.2, -0.15) is 0 Å². The van der Waals surface area contributed by atoms with Crippen LogP contribution in [-0.2, 0) is 11.3 Å². The van der Waals surface area contributed by atoms with E-state index in [2.05, 4.69) is 20.1 Å². The molecule has 156 valence electrons. The molecule has 9 nitrogen and oxygen atoms in total. The molecule has 2 fully saturated rings. The number of amides is 2. The molecule has 3 N–H and O–H groups in total. The third-order valence-electron chi connectivity index (χ3n) is 5.03. The van der Waals surface area contributed by atoms with Crippen molar-refractivity contribution in [3.8, 4) is 0 Å². The van der Waals surface area contributed by atoms with E-state index in [0.717, 1.165) is 58.1 Å². The highest BCUT2D eigenvalue weighted by molar-refractivity contribution is 14.0. The Morgan fingerprint density at radius 3 is 2.36 bits per heavy atom. The minimum absolute atomic E-state index is 0. The molecule has 1 aromatic rings. The van der Waals surface area contributed by atoms with Crippen LogP contribution >= 0.6 is 24.0 Å². The number of nitrogens with zero attached hydrogens (tertiary/aromatic N) is 4. The molecular weight excluding hydrogens is 475 g/mol. The first-order valence-electron chi connectivity index (χ1n) is 9.41. The number of primary amides is 1. The van der Waals surface area contributed by atoms with E-state index in [4.69, 9.17) is 10.2 Å². The maximum absolute atomic E-state index is 12.3. The minimum Gasteiger partial charge on any atom is -0.454 e. The summed E-state index contributed by atoms with van der Waals surface area (Å²) in [6, 6.07) is 3.29. The van der Waals surface area contributed by atoms with Crippen LogP contribution in [0.15, 0.2) is 21.5 Å². The zero-order valence-electron chi connectivity index (χ0n) is 16.2. The third-order valence-corrected chi connectivity index (χ3v) is 5.03. The van der Waals surface area contributed by atoms with E-state index < -0.39 is 5.91 Å². The van der Waals surface area contributed by atoms with E-state index in [0.29, 0.717) is 18.8 Å². The monoisotopic (exact) mass is 504 g/mol. The van der Waals surface area contributed by atoms with E-state index in [-0.39, 0.29) is 35.6 Å². The van der Waals surface area contributed by atoms with Gasteiger partial charge in [-0.3, -0.25) is 19.5 Å². The van der Waals surface area contributed by atoms with E-state index in [1.807, 2.05) is 4.90 Å². The smallest absolute Gasteiger partial charge is 0.284 e. The van der Waals surface area contributed by atoms with Crippen LogP contribution in [0.25, 0.3) is 0 Å². The van der Waals surface area contributed by atoms with E-state index in [9.17, 15) is 9.59 Å². The molecule has 2 saturated heterocycles. The predicted molar refractivity (Wildman–Crippen MR) is 117 cm³/mol. The molecule has 0 atom stereocenters. The molecule has 1 aromatic heterocycles. The number of nitrogens with one attached hydrogen (secondary N) is 1. The Balaban J connectivity index is 0.00000280. The molecule has 10 heteroatoms. The fourth-order valence-electron chi connectivity index (χ4n) is 3.48. The van der Waals surface area contributed by atoms with Crippen molar-refractivity contribution < 1.29 is 14.0 Å². The second-order valence-corrected chi connectivity index (χ2v) is 6.88. The summed E-state index contributed by atoms with van der Waals surface area (Å²) >= 11 is 0. The number of furan rings is 1. The summed E-state index contributed by atoms with van der Waals surface area (Å²) in [6.07, 6.45) is 2.25. The van der Waals surface area contributed by atoms with Crippen LogP contribution in [0.2, 0.25) is 0 Å². The SMILES string of the molecule is CN=C(NCc1ccc(C(N)=O)o1)N1CCN(CC(=O)N2CCCC2)CC1.I. The normalized spacial score (nSPS) is 18.1. The summed E-state index contributed by atoms with van der Waals surface area (Å²) in [6.45, 7) is 5.99. The lowest BCUT2D eigenvalue weighted by molar-refractivity contribution is -0.131. The molecule has 0 radical (unpaired) electrons. The maximum Gasteiger partial charge on any atom is 0.284 e. The van der Waals surface area contributed by atoms with Crippen LogP contribution in [0.5, 0.6) is 0 Å². The van der Waals surface area contributed by atoms with Gasteiger partial charge in [-0.05, 0) is 25.0 Å². The van der Waals surface area contributed by atoms with E-state index in [1.165, 1.54) is 0 Å². The van der Waals surface area contributed by atoms with Gasteiger partial charge < -0.3 is 25.3 Å². The average molecular weight is 504 g/mol. The molecule has 3 rings (SSSR count). The van der Waals surface area contributed by atoms with Crippen molar-refractivity contribution >= 4 is 41.8 Å². The molecule has 2 amide bonds.